The van der Waals surface area contributed by atoms with Crippen LogP contribution in [0, 0.1) is 5.41 Å². The van der Waals surface area contributed by atoms with E-state index in [0.29, 0.717) is 6.16 Å². The standard InChI is InChI=1S/C8H20IO3P/c1-13(2,3,9)7-8(4-10,5-11)6-12/h10-12H,4-7H2,1-3H3. The first-order valence-electron chi connectivity index (χ1n) is 4.19. The number of hydrogen-bond acceptors (Lipinski definition) is 3. The van der Waals surface area contributed by atoms with Gasteiger partial charge in [-0.25, -0.2) is 0 Å². The molecule has 0 spiro atoms. The van der Waals surface area contributed by atoms with Crippen molar-refractivity contribution in [1.82, 2.24) is 0 Å². The van der Waals surface area contributed by atoms with Crippen LogP contribution in [-0.4, -0.2) is 61.3 Å². The molecular formula is C8H20IO3P. The SMILES string of the molecule is CP(C)(C)(I)CC(CO)(CO)CO. The predicted octanol–water partition coefficient (Wildman–Crippen LogP) is 0.742. The summed E-state index contributed by atoms with van der Waals surface area (Å²) in [5.74, 6) is 0. The Morgan fingerprint density at radius 2 is 1.31 bits per heavy atom. The number of aliphatic hydroxyl groups is 3. The van der Waals surface area contributed by atoms with E-state index >= 15 is 0 Å². The van der Waals surface area contributed by atoms with E-state index in [1.165, 1.54) is 0 Å². The fourth-order valence-electron chi connectivity index (χ4n) is 1.43. The second-order valence-corrected chi connectivity index (χ2v) is 21.9. The van der Waals surface area contributed by atoms with Gasteiger partial charge in [0.25, 0.3) is 0 Å². The average Bonchev–Trinajstić information content (AvgIpc) is 1.97. The molecule has 3 N–H and O–H groups in total. The zero-order valence-corrected chi connectivity index (χ0v) is 11.5. The molecule has 0 heterocycles. The summed E-state index contributed by atoms with van der Waals surface area (Å²) in [5, 5.41) is 27.5. The summed E-state index contributed by atoms with van der Waals surface area (Å²) in [6.07, 6.45) is 0.697. The molecule has 5 heteroatoms. The van der Waals surface area contributed by atoms with Crippen LogP contribution in [0.15, 0.2) is 0 Å². The number of hydrogen-bond donors (Lipinski definition) is 3. The summed E-state index contributed by atoms with van der Waals surface area (Å²) >= 11 is 2.40. The molecule has 0 fully saturated rings. The van der Waals surface area contributed by atoms with Crippen molar-refractivity contribution in [2.45, 2.75) is 0 Å². The van der Waals surface area contributed by atoms with Gasteiger partial charge >= 0.3 is 93.0 Å². The number of rotatable bonds is 5. The second-order valence-electron chi connectivity index (χ2n) is 5.05. The fraction of sp³-hybridized carbons (Fsp3) is 1.00. The number of aliphatic hydroxyl groups excluding tert-OH is 3. The average molecular weight is 322 g/mol. The van der Waals surface area contributed by atoms with E-state index in [2.05, 4.69) is 42.0 Å². The van der Waals surface area contributed by atoms with E-state index in [-0.39, 0.29) is 19.8 Å². The van der Waals surface area contributed by atoms with Gasteiger partial charge in [0, 0.05) is 0 Å². The van der Waals surface area contributed by atoms with Gasteiger partial charge in [-0.15, -0.1) is 0 Å². The first-order chi connectivity index (χ1) is 5.64. The second kappa shape index (κ2) is 4.27. The molecule has 0 bridgehead atoms. The zero-order chi connectivity index (χ0) is 10.8. The zero-order valence-electron chi connectivity index (χ0n) is 8.50. The van der Waals surface area contributed by atoms with Crippen molar-refractivity contribution in [3.05, 3.63) is 0 Å². The Bertz CT molecular complexity index is 154. The van der Waals surface area contributed by atoms with Crippen LogP contribution >= 0.6 is 26.3 Å². The molecule has 13 heavy (non-hydrogen) atoms. The van der Waals surface area contributed by atoms with E-state index in [4.69, 9.17) is 15.3 Å². The maximum absolute atomic E-state index is 9.15. The van der Waals surface area contributed by atoms with Crippen LogP contribution in [-0.2, 0) is 0 Å². The quantitative estimate of drug-likeness (QED) is 0.517. The first kappa shape index (κ1) is 14.0. The van der Waals surface area contributed by atoms with E-state index in [1.54, 1.807) is 0 Å². The molecule has 0 atom stereocenters. The summed E-state index contributed by atoms with van der Waals surface area (Å²) in [6.45, 7) is 5.99. The Kier molecular flexibility index (Phi) is 4.61. The molecule has 0 amide bonds. The molecular weight excluding hydrogens is 302 g/mol. The molecule has 0 aliphatic carbocycles. The van der Waals surface area contributed by atoms with Crippen molar-refractivity contribution >= 4 is 26.3 Å². The van der Waals surface area contributed by atoms with Gasteiger partial charge in [-0.2, -0.15) is 0 Å². The van der Waals surface area contributed by atoms with Gasteiger partial charge in [-0.05, 0) is 0 Å². The van der Waals surface area contributed by atoms with Gasteiger partial charge in [-0.3, -0.25) is 0 Å². The molecule has 0 aromatic carbocycles. The Balaban J connectivity index is 4.62. The van der Waals surface area contributed by atoms with E-state index in [9.17, 15) is 0 Å². The third-order valence-electron chi connectivity index (χ3n) is 1.88. The van der Waals surface area contributed by atoms with Crippen molar-refractivity contribution < 1.29 is 15.3 Å². The Morgan fingerprint density at radius 1 is 1.00 bits per heavy atom. The van der Waals surface area contributed by atoms with Gasteiger partial charge in [0.05, 0.1) is 0 Å². The van der Waals surface area contributed by atoms with Crippen molar-refractivity contribution in [1.29, 1.82) is 0 Å². The minimum atomic E-state index is -1.83. The summed E-state index contributed by atoms with van der Waals surface area (Å²) < 4.78 is -1.83. The summed E-state index contributed by atoms with van der Waals surface area (Å²) in [4.78, 5) is 0. The monoisotopic (exact) mass is 322 g/mol. The fourth-order valence-corrected chi connectivity index (χ4v) is 6.17. The van der Waals surface area contributed by atoms with Crippen LogP contribution in [0.5, 0.6) is 0 Å². The van der Waals surface area contributed by atoms with Gasteiger partial charge in [0.2, 0.25) is 0 Å². The predicted molar refractivity (Wildman–Crippen MR) is 67.3 cm³/mol. The van der Waals surface area contributed by atoms with Crippen LogP contribution < -0.4 is 0 Å². The molecule has 0 rings (SSSR count). The van der Waals surface area contributed by atoms with E-state index in [0.717, 1.165) is 0 Å². The molecule has 0 aliphatic heterocycles. The summed E-state index contributed by atoms with van der Waals surface area (Å²) in [7, 11) is 0. The van der Waals surface area contributed by atoms with Crippen LogP contribution in [0.4, 0.5) is 0 Å². The van der Waals surface area contributed by atoms with Crippen molar-refractivity contribution in [3.8, 4) is 0 Å². The van der Waals surface area contributed by atoms with Gasteiger partial charge in [0.15, 0.2) is 0 Å². The summed E-state index contributed by atoms with van der Waals surface area (Å²) in [6, 6.07) is 0. The molecule has 0 saturated heterocycles. The third-order valence-corrected chi connectivity index (χ3v) is 4.64. The van der Waals surface area contributed by atoms with Gasteiger partial charge in [0.1, 0.15) is 0 Å². The molecule has 0 aromatic rings. The first-order valence-corrected chi connectivity index (χ1v) is 10.7. The molecule has 0 unspecified atom stereocenters. The molecule has 0 radical (unpaired) electrons. The van der Waals surface area contributed by atoms with E-state index < -0.39 is 9.66 Å². The minimum absolute atomic E-state index is 0.156. The van der Waals surface area contributed by atoms with Crippen LogP contribution in [0.3, 0.4) is 0 Å². The summed E-state index contributed by atoms with van der Waals surface area (Å²) in [5.41, 5.74) is -0.711. The van der Waals surface area contributed by atoms with Crippen molar-refractivity contribution in [2.75, 3.05) is 46.0 Å². The van der Waals surface area contributed by atoms with Crippen molar-refractivity contribution in [2.24, 2.45) is 5.41 Å². The van der Waals surface area contributed by atoms with Crippen molar-refractivity contribution in [3.63, 3.8) is 0 Å². The van der Waals surface area contributed by atoms with Crippen LogP contribution in [0.1, 0.15) is 0 Å². The number of halogens is 1. The Morgan fingerprint density at radius 3 is 1.38 bits per heavy atom. The van der Waals surface area contributed by atoms with Gasteiger partial charge in [-0.1, -0.05) is 0 Å². The topological polar surface area (TPSA) is 60.7 Å². The molecule has 82 valence electrons. The third kappa shape index (κ3) is 5.47. The normalized spacial score (nSPS) is 16.7. The Hall–Kier alpha value is 1.04. The van der Waals surface area contributed by atoms with E-state index in [1.807, 2.05) is 0 Å². The Labute approximate surface area is 93.0 Å². The molecule has 0 saturated carbocycles. The van der Waals surface area contributed by atoms with Gasteiger partial charge < -0.3 is 0 Å². The maximum atomic E-state index is 9.15. The molecule has 0 aromatic heterocycles. The van der Waals surface area contributed by atoms with Crippen LogP contribution in [0.2, 0.25) is 0 Å². The van der Waals surface area contributed by atoms with Crippen LogP contribution in [0.25, 0.3) is 0 Å². The molecule has 0 aliphatic rings. The molecule has 3 nitrogen and oxygen atoms in total.